The number of fused-ring (bicyclic) bond motifs is 2. The zero-order valence-corrected chi connectivity index (χ0v) is 18.0. The van der Waals surface area contributed by atoms with E-state index in [-0.39, 0.29) is 11.8 Å². The van der Waals surface area contributed by atoms with Crippen molar-refractivity contribution < 1.29 is 19.1 Å². The molecule has 2 aliphatic heterocycles. The summed E-state index contributed by atoms with van der Waals surface area (Å²) in [6.45, 7) is 1.17. The maximum Gasteiger partial charge on any atom is 0.259 e. The van der Waals surface area contributed by atoms with Crippen molar-refractivity contribution in [2.45, 2.75) is 12.8 Å². The van der Waals surface area contributed by atoms with Crippen LogP contribution in [0, 0.1) is 0 Å². The predicted octanol–water partition coefficient (Wildman–Crippen LogP) is 3.50. The molecule has 0 atom stereocenters. The molecule has 32 heavy (non-hydrogen) atoms. The second-order valence-electron chi connectivity index (χ2n) is 7.87. The summed E-state index contributed by atoms with van der Waals surface area (Å²) in [6.07, 6.45) is 4.56. The number of hydrogen-bond donors (Lipinski definition) is 0. The van der Waals surface area contributed by atoms with Gasteiger partial charge in [0, 0.05) is 36.9 Å². The molecule has 0 aliphatic carbocycles. The van der Waals surface area contributed by atoms with Crippen LogP contribution in [0.2, 0.25) is 0 Å². The van der Waals surface area contributed by atoms with Crippen LogP contribution in [0.3, 0.4) is 0 Å². The van der Waals surface area contributed by atoms with Gasteiger partial charge in [-0.15, -0.1) is 0 Å². The second kappa shape index (κ2) is 8.00. The highest BCUT2D eigenvalue weighted by atomic mass is 16.5. The Morgan fingerprint density at radius 2 is 1.22 bits per heavy atom. The molecule has 5 rings (SSSR count). The number of carbonyl (C=O) groups excluding carboxylic acids is 2. The largest absolute Gasteiger partial charge is 0.497 e. The highest BCUT2D eigenvalue weighted by Gasteiger charge is 2.29. The lowest BCUT2D eigenvalue weighted by atomic mass is 10.1. The Bertz CT molecular complexity index is 1130. The summed E-state index contributed by atoms with van der Waals surface area (Å²) in [5, 5.41) is 0. The van der Waals surface area contributed by atoms with Gasteiger partial charge in [-0.25, -0.2) is 0 Å². The van der Waals surface area contributed by atoms with E-state index in [2.05, 4.69) is 4.98 Å². The fourth-order valence-corrected chi connectivity index (χ4v) is 4.42. The Morgan fingerprint density at radius 1 is 0.750 bits per heavy atom. The molecule has 1 aromatic heterocycles. The first kappa shape index (κ1) is 20.1. The maximum absolute atomic E-state index is 13.2. The van der Waals surface area contributed by atoms with Gasteiger partial charge in [0.05, 0.1) is 25.3 Å². The number of rotatable bonds is 4. The van der Waals surface area contributed by atoms with Crippen molar-refractivity contribution in [1.82, 2.24) is 4.98 Å². The number of aromatic nitrogens is 1. The molecule has 0 bridgehead atoms. The van der Waals surface area contributed by atoms with Gasteiger partial charge in [0.25, 0.3) is 11.8 Å². The number of nitrogens with zero attached hydrogens (tertiary/aromatic N) is 3. The maximum atomic E-state index is 13.2. The molecule has 0 radical (unpaired) electrons. The van der Waals surface area contributed by atoms with E-state index in [1.165, 1.54) is 12.4 Å². The number of hydrogen-bond acceptors (Lipinski definition) is 5. The van der Waals surface area contributed by atoms with Crippen molar-refractivity contribution in [2.24, 2.45) is 0 Å². The predicted molar refractivity (Wildman–Crippen MR) is 121 cm³/mol. The monoisotopic (exact) mass is 429 g/mol. The zero-order chi connectivity index (χ0) is 22.2. The molecule has 0 unspecified atom stereocenters. The molecule has 2 aliphatic rings. The van der Waals surface area contributed by atoms with E-state index in [0.717, 1.165) is 46.8 Å². The SMILES string of the molecule is COc1ccc2c(c1)CCN2C(=O)c1cncc(C(=O)N2CCc3cc(OC)ccc32)c1. The number of methoxy groups -OCH3 is 2. The molecule has 0 N–H and O–H groups in total. The van der Waals surface area contributed by atoms with Crippen molar-refractivity contribution in [3.63, 3.8) is 0 Å². The van der Waals surface area contributed by atoms with Crippen molar-refractivity contribution in [3.05, 3.63) is 77.1 Å². The lowest BCUT2D eigenvalue weighted by Gasteiger charge is -2.19. The Morgan fingerprint density at radius 3 is 1.66 bits per heavy atom. The second-order valence-corrected chi connectivity index (χ2v) is 7.87. The van der Waals surface area contributed by atoms with Gasteiger partial charge in [0.15, 0.2) is 0 Å². The summed E-state index contributed by atoms with van der Waals surface area (Å²) in [4.78, 5) is 34.2. The molecular weight excluding hydrogens is 406 g/mol. The molecule has 3 heterocycles. The number of pyridine rings is 1. The van der Waals surface area contributed by atoms with Crippen LogP contribution in [0.5, 0.6) is 11.5 Å². The molecule has 162 valence electrons. The highest BCUT2D eigenvalue weighted by molar-refractivity contribution is 6.11. The summed E-state index contributed by atoms with van der Waals surface area (Å²) in [5.41, 5.74) is 4.68. The van der Waals surface area contributed by atoms with Gasteiger partial charge in [-0.3, -0.25) is 14.6 Å². The average Bonchev–Trinajstić information content (AvgIpc) is 3.46. The Hall–Kier alpha value is -3.87. The molecular formula is C25H23N3O4. The first-order valence-electron chi connectivity index (χ1n) is 10.5. The standard InChI is InChI=1S/C25H23N3O4/c1-31-20-3-5-22-16(12-20)7-9-27(22)24(29)18-11-19(15-26-14-18)25(30)28-10-8-17-13-21(32-2)4-6-23(17)28/h3-6,11-15H,7-10H2,1-2H3. The van der Waals surface area contributed by atoms with Crippen LogP contribution in [-0.4, -0.2) is 44.1 Å². The van der Waals surface area contributed by atoms with Crippen molar-refractivity contribution in [1.29, 1.82) is 0 Å². The summed E-state index contributed by atoms with van der Waals surface area (Å²) in [5.74, 6) is 1.22. The van der Waals surface area contributed by atoms with Gasteiger partial charge in [0.1, 0.15) is 11.5 Å². The van der Waals surface area contributed by atoms with E-state index in [1.807, 2.05) is 36.4 Å². The quantitative estimate of drug-likeness (QED) is 0.635. The normalized spacial score (nSPS) is 14.2. The Kier molecular flexibility index (Phi) is 5.01. The number of carbonyl (C=O) groups is 2. The lowest BCUT2D eigenvalue weighted by molar-refractivity contribution is 0.0988. The van der Waals surface area contributed by atoms with Gasteiger partial charge in [-0.2, -0.15) is 0 Å². The molecule has 0 spiro atoms. The van der Waals surface area contributed by atoms with Crippen LogP contribution in [0.1, 0.15) is 31.8 Å². The van der Waals surface area contributed by atoms with Crippen molar-refractivity contribution in [3.8, 4) is 11.5 Å². The van der Waals surface area contributed by atoms with Crippen LogP contribution < -0.4 is 19.3 Å². The van der Waals surface area contributed by atoms with Gasteiger partial charge in [-0.05, 0) is 66.4 Å². The van der Waals surface area contributed by atoms with Gasteiger partial charge in [0.2, 0.25) is 0 Å². The Balaban J connectivity index is 1.39. The smallest absolute Gasteiger partial charge is 0.259 e. The minimum atomic E-state index is -0.164. The molecule has 2 amide bonds. The third-order valence-electron chi connectivity index (χ3n) is 6.09. The summed E-state index contributed by atoms with van der Waals surface area (Å²) in [6, 6.07) is 13.1. The molecule has 3 aromatic rings. The van der Waals surface area contributed by atoms with Gasteiger partial charge in [-0.1, -0.05) is 0 Å². The fourth-order valence-electron chi connectivity index (χ4n) is 4.42. The summed E-state index contributed by atoms with van der Waals surface area (Å²) >= 11 is 0. The molecule has 0 fully saturated rings. The summed E-state index contributed by atoms with van der Waals surface area (Å²) < 4.78 is 10.6. The van der Waals surface area contributed by atoms with Gasteiger partial charge < -0.3 is 19.3 Å². The molecule has 0 saturated heterocycles. The molecule has 2 aromatic carbocycles. The molecule has 0 saturated carbocycles. The van der Waals surface area contributed by atoms with E-state index in [1.54, 1.807) is 30.1 Å². The van der Waals surface area contributed by atoms with E-state index in [4.69, 9.17) is 9.47 Å². The third kappa shape index (κ3) is 3.36. The Labute approximate surface area is 186 Å². The van der Waals surface area contributed by atoms with E-state index in [9.17, 15) is 9.59 Å². The van der Waals surface area contributed by atoms with Gasteiger partial charge >= 0.3 is 0 Å². The van der Waals surface area contributed by atoms with E-state index < -0.39 is 0 Å². The number of anilines is 2. The number of amides is 2. The minimum absolute atomic E-state index is 0.164. The van der Waals surface area contributed by atoms with Crippen LogP contribution in [0.15, 0.2) is 54.9 Å². The topological polar surface area (TPSA) is 72.0 Å². The van der Waals surface area contributed by atoms with E-state index >= 15 is 0 Å². The van der Waals surface area contributed by atoms with Crippen LogP contribution in [0.25, 0.3) is 0 Å². The van der Waals surface area contributed by atoms with Crippen LogP contribution in [0.4, 0.5) is 11.4 Å². The first-order chi connectivity index (χ1) is 15.6. The highest BCUT2D eigenvalue weighted by Crippen LogP contribution is 2.34. The zero-order valence-electron chi connectivity index (χ0n) is 18.0. The van der Waals surface area contributed by atoms with E-state index in [0.29, 0.717) is 24.2 Å². The number of ether oxygens (including phenoxy) is 2. The third-order valence-corrected chi connectivity index (χ3v) is 6.09. The lowest BCUT2D eigenvalue weighted by Crippen LogP contribution is -2.31. The average molecular weight is 429 g/mol. The first-order valence-corrected chi connectivity index (χ1v) is 10.5. The molecule has 7 nitrogen and oxygen atoms in total. The van der Waals surface area contributed by atoms with Crippen molar-refractivity contribution in [2.75, 3.05) is 37.1 Å². The van der Waals surface area contributed by atoms with Crippen LogP contribution in [-0.2, 0) is 12.8 Å². The minimum Gasteiger partial charge on any atom is -0.497 e. The number of benzene rings is 2. The molecule has 7 heteroatoms. The van der Waals surface area contributed by atoms with Crippen molar-refractivity contribution >= 4 is 23.2 Å². The summed E-state index contributed by atoms with van der Waals surface area (Å²) in [7, 11) is 3.26. The fraction of sp³-hybridized carbons (Fsp3) is 0.240. The van der Waals surface area contributed by atoms with Crippen LogP contribution >= 0.6 is 0 Å².